The maximum atomic E-state index is 11.8. The summed E-state index contributed by atoms with van der Waals surface area (Å²) in [5, 5.41) is 3.26. The SMILES string of the molecule is CNC(C)(C)c1ccc2c(c1)N(C)C(=O)CCO2. The second kappa shape index (κ2) is 4.61. The molecule has 98 valence electrons. The fraction of sp³-hybridized carbons (Fsp3) is 0.500. The van der Waals surface area contributed by atoms with Crippen LogP contribution in [0.1, 0.15) is 25.8 Å². The summed E-state index contributed by atoms with van der Waals surface area (Å²) >= 11 is 0. The fourth-order valence-electron chi connectivity index (χ4n) is 1.98. The highest BCUT2D eigenvalue weighted by Gasteiger charge is 2.24. The number of fused-ring (bicyclic) bond motifs is 1. The van der Waals surface area contributed by atoms with Crippen LogP contribution < -0.4 is 15.0 Å². The molecule has 0 bridgehead atoms. The molecule has 1 aromatic rings. The van der Waals surface area contributed by atoms with Gasteiger partial charge < -0.3 is 15.0 Å². The molecule has 0 unspecified atom stereocenters. The summed E-state index contributed by atoms with van der Waals surface area (Å²) in [6.45, 7) is 4.66. The van der Waals surface area contributed by atoms with E-state index in [2.05, 4.69) is 19.2 Å². The van der Waals surface area contributed by atoms with E-state index in [1.807, 2.05) is 25.2 Å². The molecular weight excluding hydrogens is 228 g/mol. The average molecular weight is 248 g/mol. The zero-order chi connectivity index (χ0) is 13.3. The van der Waals surface area contributed by atoms with Crippen molar-refractivity contribution >= 4 is 11.6 Å². The zero-order valence-corrected chi connectivity index (χ0v) is 11.4. The summed E-state index contributed by atoms with van der Waals surface area (Å²) in [6.07, 6.45) is 0.427. The molecule has 1 heterocycles. The quantitative estimate of drug-likeness (QED) is 0.869. The molecule has 0 fully saturated rings. The Bertz CT molecular complexity index is 469. The van der Waals surface area contributed by atoms with Gasteiger partial charge in [-0.3, -0.25) is 4.79 Å². The van der Waals surface area contributed by atoms with Crippen LogP contribution in [0.15, 0.2) is 18.2 Å². The fourth-order valence-corrected chi connectivity index (χ4v) is 1.98. The molecule has 4 nitrogen and oxygen atoms in total. The average Bonchev–Trinajstić information content (AvgIpc) is 2.50. The van der Waals surface area contributed by atoms with Gasteiger partial charge in [0.15, 0.2) is 0 Å². The normalized spacial score (nSPS) is 16.0. The van der Waals surface area contributed by atoms with Crippen molar-refractivity contribution in [1.29, 1.82) is 0 Å². The first kappa shape index (κ1) is 12.9. The Morgan fingerprint density at radius 1 is 1.39 bits per heavy atom. The number of amides is 1. The molecule has 4 heteroatoms. The Morgan fingerprint density at radius 2 is 2.11 bits per heavy atom. The summed E-state index contributed by atoms with van der Waals surface area (Å²) in [7, 11) is 3.73. The van der Waals surface area contributed by atoms with Crippen molar-refractivity contribution in [3.8, 4) is 5.75 Å². The van der Waals surface area contributed by atoms with Crippen LogP contribution in [0.2, 0.25) is 0 Å². The minimum atomic E-state index is -0.134. The van der Waals surface area contributed by atoms with Crippen LogP contribution in [0.3, 0.4) is 0 Å². The molecule has 0 saturated heterocycles. The first-order valence-electron chi connectivity index (χ1n) is 6.18. The number of ether oxygens (including phenoxy) is 1. The summed E-state index contributed by atoms with van der Waals surface area (Å²) in [5.41, 5.74) is 1.85. The van der Waals surface area contributed by atoms with Crippen molar-refractivity contribution in [2.45, 2.75) is 25.8 Å². The van der Waals surface area contributed by atoms with E-state index in [0.29, 0.717) is 13.0 Å². The Labute approximate surface area is 108 Å². The molecule has 1 aliphatic heterocycles. The summed E-state index contributed by atoms with van der Waals surface area (Å²) in [5.74, 6) is 0.868. The summed E-state index contributed by atoms with van der Waals surface area (Å²) in [4.78, 5) is 13.5. The highest BCUT2D eigenvalue weighted by molar-refractivity contribution is 5.95. The highest BCUT2D eigenvalue weighted by Crippen LogP contribution is 2.34. The first-order chi connectivity index (χ1) is 8.45. The number of hydrogen-bond donors (Lipinski definition) is 1. The monoisotopic (exact) mass is 248 g/mol. The van der Waals surface area contributed by atoms with Gasteiger partial charge in [-0.1, -0.05) is 6.07 Å². The third-order valence-electron chi connectivity index (χ3n) is 3.61. The molecule has 1 aliphatic rings. The van der Waals surface area contributed by atoms with E-state index in [9.17, 15) is 4.79 Å². The zero-order valence-electron chi connectivity index (χ0n) is 11.4. The molecule has 2 rings (SSSR count). The molecule has 0 spiro atoms. The molecule has 0 atom stereocenters. The van der Waals surface area contributed by atoms with Gasteiger partial charge in [0, 0.05) is 12.6 Å². The maximum Gasteiger partial charge on any atom is 0.230 e. The van der Waals surface area contributed by atoms with Crippen LogP contribution in [-0.4, -0.2) is 26.6 Å². The number of carbonyl (C=O) groups is 1. The van der Waals surface area contributed by atoms with Crippen LogP contribution in [0.4, 0.5) is 5.69 Å². The predicted molar refractivity (Wildman–Crippen MR) is 72.0 cm³/mol. The van der Waals surface area contributed by atoms with Crippen LogP contribution in [-0.2, 0) is 10.3 Å². The topological polar surface area (TPSA) is 41.6 Å². The van der Waals surface area contributed by atoms with Gasteiger partial charge in [0.2, 0.25) is 5.91 Å². The van der Waals surface area contributed by atoms with Crippen molar-refractivity contribution in [2.24, 2.45) is 0 Å². The van der Waals surface area contributed by atoms with Crippen LogP contribution in [0, 0.1) is 0 Å². The molecule has 1 amide bonds. The molecule has 0 saturated carbocycles. The lowest BCUT2D eigenvalue weighted by Crippen LogP contribution is -2.33. The highest BCUT2D eigenvalue weighted by atomic mass is 16.5. The van der Waals surface area contributed by atoms with Gasteiger partial charge in [-0.2, -0.15) is 0 Å². The standard InChI is InChI=1S/C14H20N2O2/c1-14(2,15-3)10-5-6-12-11(9-10)16(4)13(17)7-8-18-12/h5-6,9,15H,7-8H2,1-4H3. The number of benzene rings is 1. The molecule has 18 heavy (non-hydrogen) atoms. The van der Waals surface area contributed by atoms with Gasteiger partial charge in [-0.25, -0.2) is 0 Å². The van der Waals surface area contributed by atoms with E-state index >= 15 is 0 Å². The van der Waals surface area contributed by atoms with E-state index < -0.39 is 0 Å². The maximum absolute atomic E-state index is 11.8. The number of hydrogen-bond acceptors (Lipinski definition) is 3. The van der Waals surface area contributed by atoms with E-state index in [1.165, 1.54) is 0 Å². The predicted octanol–water partition coefficient (Wildman–Crippen LogP) is 1.89. The van der Waals surface area contributed by atoms with Gasteiger partial charge in [0.1, 0.15) is 5.75 Å². The molecule has 0 radical (unpaired) electrons. The number of carbonyl (C=O) groups excluding carboxylic acids is 1. The number of anilines is 1. The largest absolute Gasteiger partial charge is 0.491 e. The Morgan fingerprint density at radius 3 is 2.78 bits per heavy atom. The Balaban J connectivity index is 2.47. The van der Waals surface area contributed by atoms with Crippen LogP contribution in [0.25, 0.3) is 0 Å². The lowest BCUT2D eigenvalue weighted by atomic mass is 9.94. The van der Waals surface area contributed by atoms with Gasteiger partial charge in [0.25, 0.3) is 0 Å². The third-order valence-corrected chi connectivity index (χ3v) is 3.61. The van der Waals surface area contributed by atoms with Crippen molar-refractivity contribution in [3.63, 3.8) is 0 Å². The van der Waals surface area contributed by atoms with Crippen LogP contribution in [0.5, 0.6) is 5.75 Å². The van der Waals surface area contributed by atoms with Crippen molar-refractivity contribution < 1.29 is 9.53 Å². The molecule has 0 aromatic heterocycles. The molecule has 1 aromatic carbocycles. The van der Waals surface area contributed by atoms with Gasteiger partial charge >= 0.3 is 0 Å². The molecular formula is C14H20N2O2. The number of nitrogens with zero attached hydrogens (tertiary/aromatic N) is 1. The van der Waals surface area contributed by atoms with Gasteiger partial charge in [0.05, 0.1) is 18.7 Å². The lowest BCUT2D eigenvalue weighted by molar-refractivity contribution is -0.118. The van der Waals surface area contributed by atoms with E-state index in [0.717, 1.165) is 17.0 Å². The van der Waals surface area contributed by atoms with E-state index in [1.54, 1.807) is 11.9 Å². The van der Waals surface area contributed by atoms with E-state index in [4.69, 9.17) is 4.74 Å². The second-order valence-electron chi connectivity index (χ2n) is 5.11. The van der Waals surface area contributed by atoms with Gasteiger partial charge in [-0.15, -0.1) is 0 Å². The Hall–Kier alpha value is -1.55. The molecule has 0 aliphatic carbocycles. The smallest absolute Gasteiger partial charge is 0.230 e. The van der Waals surface area contributed by atoms with Crippen molar-refractivity contribution in [1.82, 2.24) is 5.32 Å². The number of nitrogens with one attached hydrogen (secondary N) is 1. The summed E-state index contributed by atoms with van der Waals surface area (Å²) < 4.78 is 5.61. The van der Waals surface area contributed by atoms with Crippen molar-refractivity contribution in [2.75, 3.05) is 25.6 Å². The van der Waals surface area contributed by atoms with Crippen LogP contribution >= 0.6 is 0 Å². The first-order valence-corrected chi connectivity index (χ1v) is 6.18. The second-order valence-corrected chi connectivity index (χ2v) is 5.11. The Kier molecular flexibility index (Phi) is 3.30. The summed E-state index contributed by atoms with van der Waals surface area (Å²) in [6, 6.07) is 6.01. The third kappa shape index (κ3) is 2.20. The minimum absolute atomic E-state index is 0.0909. The van der Waals surface area contributed by atoms with Gasteiger partial charge in [-0.05, 0) is 38.6 Å². The molecule has 1 N–H and O–H groups in total. The van der Waals surface area contributed by atoms with Crippen molar-refractivity contribution in [3.05, 3.63) is 23.8 Å². The lowest BCUT2D eigenvalue weighted by Gasteiger charge is -2.27. The minimum Gasteiger partial charge on any atom is -0.491 e. The van der Waals surface area contributed by atoms with E-state index in [-0.39, 0.29) is 11.4 Å². The number of rotatable bonds is 2.